The predicted molar refractivity (Wildman–Crippen MR) is 119 cm³/mol. The first-order valence-electron chi connectivity index (χ1n) is 11.8. The number of hydrogen-bond acceptors (Lipinski definition) is 7. The smallest absolute Gasteiger partial charge is 0.409 e. The molecule has 3 fully saturated rings. The molecule has 3 unspecified atom stereocenters. The minimum absolute atomic E-state index is 0.156. The van der Waals surface area contributed by atoms with E-state index in [2.05, 4.69) is 18.3 Å². The van der Waals surface area contributed by atoms with Crippen molar-refractivity contribution in [2.45, 2.75) is 44.4 Å². The molecule has 3 aliphatic rings. The Labute approximate surface area is 194 Å². The van der Waals surface area contributed by atoms with E-state index in [-0.39, 0.29) is 23.8 Å². The van der Waals surface area contributed by atoms with Gasteiger partial charge in [-0.15, -0.1) is 0 Å². The van der Waals surface area contributed by atoms with Crippen LogP contribution in [-0.4, -0.2) is 78.1 Å². The quantitative estimate of drug-likeness (QED) is 0.626. The van der Waals surface area contributed by atoms with Crippen molar-refractivity contribution in [2.75, 3.05) is 39.3 Å². The molecule has 2 N–H and O–H groups in total. The molecule has 33 heavy (non-hydrogen) atoms. The minimum Gasteiger partial charge on any atom is -0.485 e. The summed E-state index contributed by atoms with van der Waals surface area (Å²) >= 11 is 0. The molecule has 0 saturated carbocycles. The van der Waals surface area contributed by atoms with E-state index >= 15 is 0 Å². The number of ether oxygens (including phenoxy) is 2. The van der Waals surface area contributed by atoms with Gasteiger partial charge in [0.15, 0.2) is 6.10 Å². The zero-order chi connectivity index (χ0) is 23.4. The number of likely N-dealkylation sites (tertiary alicyclic amines) is 2. The Balaban J connectivity index is 1.38. The van der Waals surface area contributed by atoms with Crippen LogP contribution in [0.2, 0.25) is 0 Å². The second-order valence-electron chi connectivity index (χ2n) is 9.28. The van der Waals surface area contributed by atoms with Gasteiger partial charge in [-0.05, 0) is 48.9 Å². The highest BCUT2D eigenvalue weighted by molar-refractivity contribution is 5.86. The summed E-state index contributed by atoms with van der Waals surface area (Å²) in [6, 6.07) is 8.68. The molecule has 1 aromatic carbocycles. The predicted octanol–water partition coefficient (Wildman–Crippen LogP) is 1.70. The Bertz CT molecular complexity index is 887. The number of rotatable bonds is 6. The van der Waals surface area contributed by atoms with Gasteiger partial charge in [0.1, 0.15) is 5.75 Å². The van der Waals surface area contributed by atoms with Gasteiger partial charge in [0.2, 0.25) is 5.72 Å². The Morgan fingerprint density at radius 1 is 1.18 bits per heavy atom. The highest BCUT2D eigenvalue weighted by atomic mass is 16.6. The van der Waals surface area contributed by atoms with Crippen molar-refractivity contribution in [1.82, 2.24) is 15.1 Å². The topological polar surface area (TPSA) is 115 Å². The first-order chi connectivity index (χ1) is 15.9. The summed E-state index contributed by atoms with van der Waals surface area (Å²) in [7, 11) is 0. The van der Waals surface area contributed by atoms with Crippen LogP contribution in [-0.2, 0) is 9.53 Å². The lowest BCUT2D eigenvalue weighted by molar-refractivity contribution is -0.166. The third kappa shape index (κ3) is 5.07. The van der Waals surface area contributed by atoms with Crippen LogP contribution in [0.25, 0.3) is 0 Å². The Morgan fingerprint density at radius 3 is 2.48 bits per heavy atom. The van der Waals surface area contributed by atoms with Gasteiger partial charge in [-0.3, -0.25) is 10.1 Å². The van der Waals surface area contributed by atoms with Crippen LogP contribution in [0.1, 0.15) is 38.2 Å². The summed E-state index contributed by atoms with van der Waals surface area (Å²) in [4.78, 5) is 29.3. The van der Waals surface area contributed by atoms with E-state index < -0.39 is 11.8 Å². The number of aliphatic hydroxyl groups is 1. The molecular formula is C24H32N4O5. The van der Waals surface area contributed by atoms with E-state index in [1.54, 1.807) is 34.1 Å². The molecule has 3 saturated heterocycles. The maximum absolute atomic E-state index is 13.4. The van der Waals surface area contributed by atoms with Gasteiger partial charge >= 0.3 is 6.09 Å². The fourth-order valence-corrected chi connectivity index (χ4v) is 5.08. The van der Waals surface area contributed by atoms with Crippen molar-refractivity contribution < 1.29 is 24.2 Å². The molecule has 178 valence electrons. The average Bonchev–Trinajstić information content (AvgIpc) is 3.19. The number of fused-ring (bicyclic) bond motifs is 2. The number of unbranched alkanes of at least 4 members (excludes halogenated alkanes) is 1. The van der Waals surface area contributed by atoms with Crippen molar-refractivity contribution in [3.8, 4) is 11.8 Å². The number of carbonyl (C=O) groups is 2. The SMILES string of the molecule is CCCCOC(=O)N1CC2CC(C1)CN(C(=O)[C@@]1(O)NCCC1Oc1ccc(C#N)cc1)C2. The minimum atomic E-state index is -1.81. The molecule has 0 aliphatic carbocycles. The van der Waals surface area contributed by atoms with E-state index in [9.17, 15) is 14.7 Å². The number of benzene rings is 1. The second-order valence-corrected chi connectivity index (χ2v) is 9.28. The summed E-state index contributed by atoms with van der Waals surface area (Å²) in [5.41, 5.74) is -1.29. The summed E-state index contributed by atoms with van der Waals surface area (Å²) in [6.07, 6.45) is 2.27. The molecule has 0 spiro atoms. The molecule has 3 heterocycles. The Morgan fingerprint density at radius 2 is 1.85 bits per heavy atom. The molecule has 9 nitrogen and oxygen atoms in total. The van der Waals surface area contributed by atoms with Crippen molar-refractivity contribution in [2.24, 2.45) is 11.8 Å². The summed E-state index contributed by atoms with van der Waals surface area (Å²) < 4.78 is 11.3. The first-order valence-corrected chi connectivity index (χ1v) is 11.8. The largest absolute Gasteiger partial charge is 0.485 e. The lowest BCUT2D eigenvalue weighted by Gasteiger charge is -2.47. The van der Waals surface area contributed by atoms with Gasteiger partial charge in [-0.2, -0.15) is 5.26 Å². The van der Waals surface area contributed by atoms with Gasteiger partial charge in [-0.25, -0.2) is 4.79 Å². The second kappa shape index (κ2) is 9.98. The summed E-state index contributed by atoms with van der Waals surface area (Å²) in [6.45, 7) is 5.04. The van der Waals surface area contributed by atoms with Crippen LogP contribution in [0, 0.1) is 23.2 Å². The lowest BCUT2D eigenvalue weighted by atomic mass is 9.84. The van der Waals surface area contributed by atoms with Crippen LogP contribution < -0.4 is 10.1 Å². The van der Waals surface area contributed by atoms with Gasteiger partial charge in [-0.1, -0.05) is 13.3 Å². The first kappa shape index (κ1) is 23.3. The number of nitrogens with one attached hydrogen (secondary N) is 1. The molecule has 0 radical (unpaired) electrons. The highest BCUT2D eigenvalue weighted by Crippen LogP contribution is 2.32. The summed E-state index contributed by atoms with van der Waals surface area (Å²) in [5.74, 6) is 0.431. The maximum Gasteiger partial charge on any atom is 0.409 e. The molecule has 4 rings (SSSR count). The van der Waals surface area contributed by atoms with Crippen LogP contribution in [0.15, 0.2) is 24.3 Å². The standard InChI is InChI=1S/C24H32N4O5/c1-2-3-10-32-23(30)28-15-18-11-19(16-28)14-27(13-18)22(29)24(31)21(8-9-26-24)33-20-6-4-17(12-25)5-7-20/h4-7,18-19,21,26,31H,2-3,8-11,13-16H2,1H3/t18?,19?,21?,24-/m1/s1. The van der Waals surface area contributed by atoms with Crippen LogP contribution in [0.4, 0.5) is 4.79 Å². The monoisotopic (exact) mass is 456 g/mol. The number of amides is 2. The van der Waals surface area contributed by atoms with E-state index in [0.717, 1.165) is 19.3 Å². The van der Waals surface area contributed by atoms with Gasteiger partial charge in [0, 0.05) is 39.1 Å². The van der Waals surface area contributed by atoms with E-state index in [0.29, 0.717) is 57.1 Å². The zero-order valence-electron chi connectivity index (χ0n) is 19.0. The normalized spacial score (nSPS) is 28.8. The zero-order valence-corrected chi connectivity index (χ0v) is 19.0. The molecule has 9 heteroatoms. The lowest BCUT2D eigenvalue weighted by Crippen LogP contribution is -2.65. The van der Waals surface area contributed by atoms with Gasteiger partial charge in [0.05, 0.1) is 18.2 Å². The number of piperidine rings is 2. The molecule has 2 amide bonds. The third-order valence-electron chi connectivity index (χ3n) is 6.70. The highest BCUT2D eigenvalue weighted by Gasteiger charge is 2.53. The van der Waals surface area contributed by atoms with Crippen molar-refractivity contribution in [1.29, 1.82) is 5.26 Å². The molecule has 4 atom stereocenters. The number of hydrogen-bond donors (Lipinski definition) is 2. The van der Waals surface area contributed by atoms with E-state index in [4.69, 9.17) is 14.7 Å². The number of nitriles is 1. The van der Waals surface area contributed by atoms with Gasteiger partial charge in [0.25, 0.3) is 5.91 Å². The van der Waals surface area contributed by atoms with Crippen molar-refractivity contribution >= 4 is 12.0 Å². The van der Waals surface area contributed by atoms with Crippen LogP contribution >= 0.6 is 0 Å². The molecule has 1 aromatic rings. The Kier molecular flexibility index (Phi) is 7.05. The average molecular weight is 457 g/mol. The van der Waals surface area contributed by atoms with E-state index in [1.807, 2.05) is 0 Å². The van der Waals surface area contributed by atoms with Gasteiger partial charge < -0.3 is 24.4 Å². The maximum atomic E-state index is 13.4. The fourth-order valence-electron chi connectivity index (χ4n) is 5.08. The molecule has 2 bridgehead atoms. The van der Waals surface area contributed by atoms with Crippen molar-refractivity contribution in [3.63, 3.8) is 0 Å². The Hall–Kier alpha value is -2.83. The molecular weight excluding hydrogens is 424 g/mol. The number of carbonyl (C=O) groups excluding carboxylic acids is 2. The fraction of sp³-hybridized carbons (Fsp3) is 0.625. The molecule has 3 aliphatic heterocycles. The van der Waals surface area contributed by atoms with Crippen LogP contribution in [0.5, 0.6) is 5.75 Å². The summed E-state index contributed by atoms with van der Waals surface area (Å²) in [5, 5.41) is 23.2. The third-order valence-corrected chi connectivity index (χ3v) is 6.70. The number of nitrogens with zero attached hydrogens (tertiary/aromatic N) is 3. The van der Waals surface area contributed by atoms with Crippen molar-refractivity contribution in [3.05, 3.63) is 29.8 Å². The molecule has 0 aromatic heterocycles. The van der Waals surface area contributed by atoms with E-state index in [1.165, 1.54) is 0 Å². The van der Waals surface area contributed by atoms with Crippen LogP contribution in [0.3, 0.4) is 0 Å².